The summed E-state index contributed by atoms with van der Waals surface area (Å²) in [6.07, 6.45) is 4.60. The number of rotatable bonds is 4. The Morgan fingerprint density at radius 2 is 1.54 bits per heavy atom. The zero-order valence-corrected chi connectivity index (χ0v) is 9.14. The molecule has 0 aromatic carbocycles. The van der Waals surface area contributed by atoms with E-state index in [2.05, 4.69) is 6.92 Å². The molecule has 1 aliphatic carbocycles. The molecule has 78 valence electrons. The second-order valence-corrected chi connectivity index (χ2v) is 3.96. The van der Waals surface area contributed by atoms with Crippen molar-refractivity contribution >= 4 is 0 Å². The van der Waals surface area contributed by atoms with E-state index >= 15 is 0 Å². The van der Waals surface area contributed by atoms with E-state index in [4.69, 9.17) is 9.47 Å². The summed E-state index contributed by atoms with van der Waals surface area (Å²) >= 11 is 0. The summed E-state index contributed by atoms with van der Waals surface area (Å²) in [5, 5.41) is 0. The fourth-order valence-electron chi connectivity index (χ4n) is 2.06. The Bertz CT molecular complexity index is 129. The molecule has 0 amide bonds. The van der Waals surface area contributed by atoms with Crippen molar-refractivity contribution < 1.29 is 9.47 Å². The average Bonchev–Trinajstić information content (AvgIpc) is 2.11. The van der Waals surface area contributed by atoms with Crippen LogP contribution in [0, 0.1) is 5.92 Å². The highest BCUT2D eigenvalue weighted by molar-refractivity contribution is 4.78. The van der Waals surface area contributed by atoms with E-state index in [9.17, 15) is 0 Å². The molecule has 1 fully saturated rings. The standard InChI is InChI=1S/C11H22O2/c1-4-12-11(13-5-2)8-6-10(3)7-9-11/h10H,4-9H2,1-3H3. The van der Waals surface area contributed by atoms with Gasteiger partial charge in [0.2, 0.25) is 0 Å². The molecular formula is C11H22O2. The lowest BCUT2D eigenvalue weighted by Gasteiger charge is -2.38. The Balaban J connectivity index is 2.47. The van der Waals surface area contributed by atoms with Gasteiger partial charge in [-0.1, -0.05) is 6.92 Å². The third kappa shape index (κ3) is 2.96. The lowest BCUT2D eigenvalue weighted by atomic mass is 9.86. The molecule has 1 saturated carbocycles. The molecule has 0 atom stereocenters. The monoisotopic (exact) mass is 186 g/mol. The first-order chi connectivity index (χ1) is 6.22. The van der Waals surface area contributed by atoms with Crippen molar-refractivity contribution in [2.45, 2.75) is 52.2 Å². The van der Waals surface area contributed by atoms with Crippen molar-refractivity contribution in [2.75, 3.05) is 13.2 Å². The van der Waals surface area contributed by atoms with Gasteiger partial charge in [-0.05, 0) is 32.6 Å². The van der Waals surface area contributed by atoms with Crippen LogP contribution in [0.3, 0.4) is 0 Å². The van der Waals surface area contributed by atoms with Gasteiger partial charge in [0, 0.05) is 26.1 Å². The molecule has 0 spiro atoms. The van der Waals surface area contributed by atoms with Gasteiger partial charge in [0.15, 0.2) is 5.79 Å². The van der Waals surface area contributed by atoms with E-state index in [1.165, 1.54) is 12.8 Å². The Hall–Kier alpha value is -0.0800. The molecule has 13 heavy (non-hydrogen) atoms. The van der Waals surface area contributed by atoms with Crippen LogP contribution in [-0.2, 0) is 9.47 Å². The van der Waals surface area contributed by atoms with Crippen LogP contribution in [0.25, 0.3) is 0 Å². The van der Waals surface area contributed by atoms with Crippen LogP contribution in [-0.4, -0.2) is 19.0 Å². The molecule has 0 aromatic heterocycles. The van der Waals surface area contributed by atoms with E-state index in [1.54, 1.807) is 0 Å². The van der Waals surface area contributed by atoms with Gasteiger partial charge in [-0.25, -0.2) is 0 Å². The van der Waals surface area contributed by atoms with Crippen molar-refractivity contribution in [1.29, 1.82) is 0 Å². The van der Waals surface area contributed by atoms with Gasteiger partial charge in [-0.3, -0.25) is 0 Å². The fourth-order valence-corrected chi connectivity index (χ4v) is 2.06. The molecule has 0 radical (unpaired) electrons. The molecule has 0 heterocycles. The summed E-state index contributed by atoms with van der Waals surface area (Å²) in [4.78, 5) is 0. The smallest absolute Gasteiger partial charge is 0.168 e. The molecule has 0 saturated heterocycles. The molecule has 0 unspecified atom stereocenters. The molecule has 0 aromatic rings. The first kappa shape index (κ1) is 11.0. The Labute approximate surface area is 81.6 Å². The van der Waals surface area contributed by atoms with Crippen LogP contribution in [0.2, 0.25) is 0 Å². The van der Waals surface area contributed by atoms with Gasteiger partial charge in [0.1, 0.15) is 0 Å². The van der Waals surface area contributed by atoms with Gasteiger partial charge < -0.3 is 9.47 Å². The van der Waals surface area contributed by atoms with Crippen molar-refractivity contribution in [3.8, 4) is 0 Å². The highest BCUT2D eigenvalue weighted by Gasteiger charge is 2.35. The average molecular weight is 186 g/mol. The molecule has 1 rings (SSSR count). The van der Waals surface area contributed by atoms with Crippen LogP contribution in [0.5, 0.6) is 0 Å². The topological polar surface area (TPSA) is 18.5 Å². The van der Waals surface area contributed by atoms with Crippen LogP contribution >= 0.6 is 0 Å². The maximum Gasteiger partial charge on any atom is 0.168 e. The highest BCUT2D eigenvalue weighted by Crippen LogP contribution is 2.35. The van der Waals surface area contributed by atoms with E-state index < -0.39 is 0 Å². The predicted octanol–water partition coefficient (Wildman–Crippen LogP) is 2.97. The molecule has 2 nitrogen and oxygen atoms in total. The summed E-state index contributed by atoms with van der Waals surface area (Å²) in [5.74, 6) is 0.602. The van der Waals surface area contributed by atoms with Gasteiger partial charge >= 0.3 is 0 Å². The zero-order valence-electron chi connectivity index (χ0n) is 9.14. The predicted molar refractivity (Wildman–Crippen MR) is 53.6 cm³/mol. The lowest BCUT2D eigenvalue weighted by Crippen LogP contribution is -2.39. The van der Waals surface area contributed by atoms with Gasteiger partial charge in [0.25, 0.3) is 0 Å². The zero-order chi connectivity index (χ0) is 9.73. The molecule has 0 aliphatic heterocycles. The Morgan fingerprint density at radius 3 is 1.92 bits per heavy atom. The van der Waals surface area contributed by atoms with Crippen LogP contribution in [0.4, 0.5) is 0 Å². The maximum absolute atomic E-state index is 5.74. The minimum Gasteiger partial charge on any atom is -0.350 e. The third-order valence-electron chi connectivity index (χ3n) is 2.85. The quantitative estimate of drug-likeness (QED) is 0.628. The van der Waals surface area contributed by atoms with E-state index in [0.29, 0.717) is 0 Å². The molecule has 2 heteroatoms. The molecular weight excluding hydrogens is 164 g/mol. The van der Waals surface area contributed by atoms with Crippen molar-refractivity contribution in [2.24, 2.45) is 5.92 Å². The molecule has 0 bridgehead atoms. The summed E-state index contributed by atoms with van der Waals surface area (Å²) < 4.78 is 11.5. The Kier molecular flexibility index (Phi) is 4.20. The molecule has 1 aliphatic rings. The van der Waals surface area contributed by atoms with Crippen molar-refractivity contribution in [3.63, 3.8) is 0 Å². The van der Waals surface area contributed by atoms with Crippen molar-refractivity contribution in [1.82, 2.24) is 0 Å². The first-order valence-corrected chi connectivity index (χ1v) is 5.50. The fraction of sp³-hybridized carbons (Fsp3) is 1.00. The summed E-state index contributed by atoms with van der Waals surface area (Å²) in [7, 11) is 0. The number of hydrogen-bond acceptors (Lipinski definition) is 2. The Morgan fingerprint density at radius 1 is 1.08 bits per heavy atom. The van der Waals surface area contributed by atoms with Crippen molar-refractivity contribution in [3.05, 3.63) is 0 Å². The number of ether oxygens (including phenoxy) is 2. The molecule has 0 N–H and O–H groups in total. The van der Waals surface area contributed by atoms with Crippen LogP contribution in [0.1, 0.15) is 46.5 Å². The maximum atomic E-state index is 5.74. The number of hydrogen-bond donors (Lipinski definition) is 0. The third-order valence-corrected chi connectivity index (χ3v) is 2.85. The van der Waals surface area contributed by atoms with Crippen LogP contribution < -0.4 is 0 Å². The largest absolute Gasteiger partial charge is 0.350 e. The summed E-state index contributed by atoms with van der Waals surface area (Å²) in [6.45, 7) is 7.90. The van der Waals surface area contributed by atoms with E-state index in [1.807, 2.05) is 13.8 Å². The minimum absolute atomic E-state index is 0.240. The van der Waals surface area contributed by atoms with E-state index in [-0.39, 0.29) is 5.79 Å². The SMILES string of the molecule is CCOC1(OCC)CCC(C)CC1. The lowest BCUT2D eigenvalue weighted by molar-refractivity contribution is -0.251. The summed E-state index contributed by atoms with van der Waals surface area (Å²) in [5.41, 5.74) is 0. The highest BCUT2D eigenvalue weighted by atomic mass is 16.7. The first-order valence-electron chi connectivity index (χ1n) is 5.50. The van der Waals surface area contributed by atoms with Gasteiger partial charge in [-0.2, -0.15) is 0 Å². The van der Waals surface area contributed by atoms with Crippen LogP contribution in [0.15, 0.2) is 0 Å². The normalized spacial score (nSPS) is 23.3. The van der Waals surface area contributed by atoms with Gasteiger partial charge in [-0.15, -0.1) is 0 Å². The second-order valence-electron chi connectivity index (χ2n) is 3.96. The summed E-state index contributed by atoms with van der Waals surface area (Å²) in [6, 6.07) is 0. The van der Waals surface area contributed by atoms with Gasteiger partial charge in [0.05, 0.1) is 0 Å². The minimum atomic E-state index is -0.240. The van der Waals surface area contributed by atoms with E-state index in [0.717, 1.165) is 32.0 Å². The second kappa shape index (κ2) is 4.97.